The summed E-state index contributed by atoms with van der Waals surface area (Å²) in [6.45, 7) is 10.6. The molecule has 0 aliphatic heterocycles. The van der Waals surface area contributed by atoms with E-state index in [2.05, 4.69) is 51.8 Å². The topological polar surface area (TPSA) is 50.2 Å². The Bertz CT molecular complexity index is 401. The lowest BCUT2D eigenvalue weighted by molar-refractivity contribution is -0.121. The summed E-state index contributed by atoms with van der Waals surface area (Å²) in [6, 6.07) is 0. The van der Waals surface area contributed by atoms with Crippen molar-refractivity contribution >= 4 is 28.5 Å². The van der Waals surface area contributed by atoms with Crippen LogP contribution in [0.25, 0.3) is 0 Å². The maximum absolute atomic E-state index is 11.7. The van der Waals surface area contributed by atoms with Gasteiger partial charge in [-0.05, 0) is 42.6 Å². The number of carbonyl (C=O) groups is 1. The average molecular weight is 378 g/mol. The van der Waals surface area contributed by atoms with Crippen LogP contribution in [0.3, 0.4) is 0 Å². The molecule has 0 aromatic carbocycles. The zero-order chi connectivity index (χ0) is 14.3. The van der Waals surface area contributed by atoms with Gasteiger partial charge in [-0.1, -0.05) is 13.8 Å². The number of hydrogen-bond donors (Lipinski definition) is 1. The molecule has 6 heteroatoms. The van der Waals surface area contributed by atoms with Crippen LogP contribution >= 0.6 is 22.6 Å². The van der Waals surface area contributed by atoms with Crippen LogP contribution in [-0.4, -0.2) is 46.8 Å². The van der Waals surface area contributed by atoms with Gasteiger partial charge in [0.2, 0.25) is 5.91 Å². The van der Waals surface area contributed by atoms with Crippen molar-refractivity contribution in [3.63, 3.8) is 0 Å². The van der Waals surface area contributed by atoms with E-state index < -0.39 is 0 Å². The number of hydrogen-bond acceptors (Lipinski definition) is 3. The van der Waals surface area contributed by atoms with Crippen LogP contribution in [0.1, 0.15) is 26.0 Å². The fourth-order valence-corrected chi connectivity index (χ4v) is 2.24. The van der Waals surface area contributed by atoms with Crippen LogP contribution in [0.2, 0.25) is 0 Å². The first kappa shape index (κ1) is 16.4. The molecular weight excluding hydrogens is 355 g/mol. The van der Waals surface area contributed by atoms with E-state index >= 15 is 0 Å². The normalized spacial score (nSPS) is 11.0. The minimum atomic E-state index is 0.0945. The van der Waals surface area contributed by atoms with E-state index in [1.165, 1.54) is 0 Å². The Hall–Kier alpha value is -0.630. The van der Waals surface area contributed by atoms with Crippen LogP contribution < -0.4 is 5.32 Å². The van der Waals surface area contributed by atoms with E-state index in [-0.39, 0.29) is 5.91 Å². The minimum absolute atomic E-state index is 0.0945. The zero-order valence-electron chi connectivity index (χ0n) is 11.9. The van der Waals surface area contributed by atoms with Crippen LogP contribution in [-0.2, 0) is 11.3 Å². The third kappa shape index (κ3) is 5.48. The van der Waals surface area contributed by atoms with Crippen LogP contribution in [0, 0.1) is 10.5 Å². The van der Waals surface area contributed by atoms with Gasteiger partial charge < -0.3 is 10.2 Å². The molecule has 1 rings (SSSR count). The fourth-order valence-electron chi connectivity index (χ4n) is 1.84. The third-order valence-corrected chi connectivity index (χ3v) is 4.30. The molecule has 1 aromatic rings. The van der Waals surface area contributed by atoms with Crippen molar-refractivity contribution in [2.45, 2.75) is 33.7 Å². The Morgan fingerprint density at radius 1 is 1.47 bits per heavy atom. The summed E-state index contributed by atoms with van der Waals surface area (Å²) in [6.07, 6.45) is 2.31. The highest BCUT2D eigenvalue weighted by atomic mass is 127. The SMILES string of the molecule is CCN(CC)CCNC(=O)CCn1ncc(I)c1C. The van der Waals surface area contributed by atoms with Crippen molar-refractivity contribution in [2.75, 3.05) is 26.2 Å². The van der Waals surface area contributed by atoms with E-state index in [4.69, 9.17) is 0 Å². The molecule has 1 N–H and O–H groups in total. The molecule has 1 heterocycles. The Morgan fingerprint density at radius 3 is 2.68 bits per heavy atom. The molecule has 1 amide bonds. The Balaban J connectivity index is 2.23. The smallest absolute Gasteiger partial charge is 0.221 e. The van der Waals surface area contributed by atoms with Gasteiger partial charge >= 0.3 is 0 Å². The first-order valence-corrected chi connectivity index (χ1v) is 7.83. The molecule has 0 saturated heterocycles. The lowest BCUT2D eigenvalue weighted by atomic mass is 10.3. The number of aromatic nitrogens is 2. The number of halogens is 1. The molecule has 0 fully saturated rings. The van der Waals surface area contributed by atoms with Crippen LogP contribution in [0.15, 0.2) is 6.20 Å². The van der Waals surface area contributed by atoms with Gasteiger partial charge in [0.05, 0.1) is 9.77 Å². The number of aryl methyl sites for hydroxylation is 1. The average Bonchev–Trinajstić information content (AvgIpc) is 2.73. The number of nitrogens with one attached hydrogen (secondary N) is 1. The summed E-state index contributed by atoms with van der Waals surface area (Å²) in [5, 5.41) is 7.20. The van der Waals surface area contributed by atoms with Crippen molar-refractivity contribution in [1.82, 2.24) is 20.0 Å². The summed E-state index contributed by atoms with van der Waals surface area (Å²) in [5.74, 6) is 0.0945. The number of carbonyl (C=O) groups excluding carboxylic acids is 1. The van der Waals surface area contributed by atoms with Crippen LogP contribution in [0.5, 0.6) is 0 Å². The molecule has 0 aliphatic rings. The highest BCUT2D eigenvalue weighted by Crippen LogP contribution is 2.09. The van der Waals surface area contributed by atoms with Gasteiger partial charge in [-0.25, -0.2) is 0 Å². The molecular formula is C13H23IN4O. The largest absolute Gasteiger partial charge is 0.355 e. The standard InChI is InChI=1S/C13H23IN4O/c1-4-17(5-2)9-7-15-13(19)6-8-18-11(3)12(14)10-16-18/h10H,4-9H2,1-3H3,(H,15,19). The first-order chi connectivity index (χ1) is 9.08. The van der Waals surface area contributed by atoms with E-state index in [1.807, 2.05) is 17.8 Å². The van der Waals surface area contributed by atoms with Gasteiger partial charge in [-0.2, -0.15) is 5.10 Å². The number of amides is 1. The highest BCUT2D eigenvalue weighted by Gasteiger charge is 2.06. The maximum Gasteiger partial charge on any atom is 0.221 e. The predicted molar refractivity (Wildman–Crippen MR) is 85.1 cm³/mol. The summed E-state index contributed by atoms with van der Waals surface area (Å²) in [7, 11) is 0. The number of nitrogens with zero attached hydrogens (tertiary/aromatic N) is 3. The fraction of sp³-hybridized carbons (Fsp3) is 0.692. The molecule has 0 spiro atoms. The molecule has 5 nitrogen and oxygen atoms in total. The third-order valence-electron chi connectivity index (χ3n) is 3.24. The van der Waals surface area contributed by atoms with E-state index in [9.17, 15) is 4.79 Å². The number of rotatable bonds is 8. The summed E-state index contributed by atoms with van der Waals surface area (Å²) in [5.41, 5.74) is 1.12. The molecule has 1 aromatic heterocycles. The summed E-state index contributed by atoms with van der Waals surface area (Å²) < 4.78 is 3.02. The minimum Gasteiger partial charge on any atom is -0.355 e. The van der Waals surface area contributed by atoms with Gasteiger partial charge in [0.25, 0.3) is 0 Å². The molecule has 0 aliphatic carbocycles. The first-order valence-electron chi connectivity index (χ1n) is 6.75. The van der Waals surface area contributed by atoms with E-state index in [0.717, 1.165) is 35.4 Å². The van der Waals surface area contributed by atoms with Gasteiger partial charge in [0, 0.05) is 31.7 Å². The van der Waals surface area contributed by atoms with Gasteiger partial charge in [0.1, 0.15) is 0 Å². The zero-order valence-corrected chi connectivity index (χ0v) is 14.1. The monoisotopic (exact) mass is 378 g/mol. The predicted octanol–water partition coefficient (Wildman–Crippen LogP) is 1.64. The quantitative estimate of drug-likeness (QED) is 0.700. The van der Waals surface area contributed by atoms with Gasteiger partial charge in [-0.3, -0.25) is 9.48 Å². The van der Waals surface area contributed by atoms with Crippen molar-refractivity contribution in [3.8, 4) is 0 Å². The van der Waals surface area contributed by atoms with Gasteiger partial charge in [-0.15, -0.1) is 0 Å². The Morgan fingerprint density at radius 2 is 2.16 bits per heavy atom. The number of likely N-dealkylation sites (N-methyl/N-ethyl adjacent to an activating group) is 1. The Kier molecular flexibility index (Phi) is 7.37. The van der Waals surface area contributed by atoms with Crippen LogP contribution in [0.4, 0.5) is 0 Å². The van der Waals surface area contributed by atoms with E-state index in [0.29, 0.717) is 13.0 Å². The lowest BCUT2D eigenvalue weighted by Crippen LogP contribution is -2.35. The molecule has 0 atom stereocenters. The van der Waals surface area contributed by atoms with Gasteiger partial charge in [0.15, 0.2) is 0 Å². The van der Waals surface area contributed by atoms with Crippen molar-refractivity contribution in [2.24, 2.45) is 0 Å². The molecule has 0 unspecified atom stereocenters. The summed E-state index contributed by atoms with van der Waals surface area (Å²) >= 11 is 2.25. The highest BCUT2D eigenvalue weighted by molar-refractivity contribution is 14.1. The molecule has 108 valence electrons. The van der Waals surface area contributed by atoms with Crippen molar-refractivity contribution < 1.29 is 4.79 Å². The second kappa shape index (κ2) is 8.52. The second-order valence-corrected chi connectivity index (χ2v) is 5.59. The summed E-state index contributed by atoms with van der Waals surface area (Å²) in [4.78, 5) is 14.0. The molecule has 0 bridgehead atoms. The van der Waals surface area contributed by atoms with Crippen molar-refractivity contribution in [1.29, 1.82) is 0 Å². The Labute approximate surface area is 128 Å². The lowest BCUT2D eigenvalue weighted by Gasteiger charge is -2.17. The molecule has 0 radical (unpaired) electrons. The maximum atomic E-state index is 11.7. The second-order valence-electron chi connectivity index (χ2n) is 4.43. The van der Waals surface area contributed by atoms with E-state index in [1.54, 1.807) is 0 Å². The molecule has 19 heavy (non-hydrogen) atoms. The van der Waals surface area contributed by atoms with Crippen molar-refractivity contribution in [3.05, 3.63) is 15.5 Å². The molecule has 0 saturated carbocycles.